The molecule has 2 aromatic rings. The van der Waals surface area contributed by atoms with Crippen LogP contribution in [-0.4, -0.2) is 23.9 Å². The number of hydrogen-bond donors (Lipinski definition) is 0. The van der Waals surface area contributed by atoms with Crippen molar-refractivity contribution < 1.29 is 19.2 Å². The lowest BCUT2D eigenvalue weighted by Crippen LogP contribution is -2.24. The van der Waals surface area contributed by atoms with Gasteiger partial charge in [0, 0.05) is 11.6 Å². The maximum atomic E-state index is 12.4. The normalized spacial score (nSPS) is 11.6. The van der Waals surface area contributed by atoms with Gasteiger partial charge < -0.3 is 9.47 Å². The van der Waals surface area contributed by atoms with Gasteiger partial charge in [-0.05, 0) is 19.9 Å². The van der Waals surface area contributed by atoms with Gasteiger partial charge in [0.15, 0.2) is 17.6 Å². The number of ketones is 1. The Kier molecular flexibility index (Phi) is 4.95. The summed E-state index contributed by atoms with van der Waals surface area (Å²) in [6, 6.07) is 11.1. The lowest BCUT2D eigenvalue weighted by molar-refractivity contribution is -0.385. The molecule has 0 saturated carbocycles. The van der Waals surface area contributed by atoms with E-state index in [2.05, 4.69) is 0 Å². The van der Waals surface area contributed by atoms with Gasteiger partial charge in [-0.3, -0.25) is 14.9 Å². The van der Waals surface area contributed by atoms with E-state index < -0.39 is 11.0 Å². The third-order valence-electron chi connectivity index (χ3n) is 3.37. The number of Topliss-reactive ketones (excluding diaryl/α,β-unsaturated/α-hetero) is 1. The first kappa shape index (κ1) is 16.5. The molecule has 0 aliphatic carbocycles. The summed E-state index contributed by atoms with van der Waals surface area (Å²) in [5.74, 6) is 0.285. The van der Waals surface area contributed by atoms with Gasteiger partial charge in [-0.1, -0.05) is 29.8 Å². The Labute approximate surface area is 133 Å². The second-order valence-electron chi connectivity index (χ2n) is 5.08. The number of nitro groups is 1. The van der Waals surface area contributed by atoms with E-state index in [0.29, 0.717) is 11.3 Å². The molecule has 0 fully saturated rings. The summed E-state index contributed by atoms with van der Waals surface area (Å²) in [6.07, 6.45) is -0.798. The van der Waals surface area contributed by atoms with E-state index in [-0.39, 0.29) is 17.2 Å². The van der Waals surface area contributed by atoms with E-state index in [9.17, 15) is 14.9 Å². The van der Waals surface area contributed by atoms with Crippen molar-refractivity contribution in [2.45, 2.75) is 20.0 Å². The number of non-ortho nitro benzene ring substituents is 1. The van der Waals surface area contributed by atoms with Crippen LogP contribution in [0.15, 0.2) is 42.5 Å². The molecule has 2 aromatic carbocycles. The first-order chi connectivity index (χ1) is 10.9. The fourth-order valence-electron chi connectivity index (χ4n) is 2.07. The van der Waals surface area contributed by atoms with E-state index in [1.54, 1.807) is 19.1 Å². The van der Waals surface area contributed by atoms with Crippen LogP contribution < -0.4 is 9.47 Å². The molecule has 0 unspecified atom stereocenters. The second-order valence-corrected chi connectivity index (χ2v) is 5.08. The molecule has 6 heteroatoms. The average molecular weight is 315 g/mol. The lowest BCUT2D eigenvalue weighted by Gasteiger charge is -2.16. The zero-order chi connectivity index (χ0) is 17.0. The highest BCUT2D eigenvalue weighted by molar-refractivity contribution is 5.99. The average Bonchev–Trinajstić information content (AvgIpc) is 2.54. The molecule has 23 heavy (non-hydrogen) atoms. The number of benzene rings is 2. The number of ether oxygens (including phenoxy) is 2. The summed E-state index contributed by atoms with van der Waals surface area (Å²) in [5, 5.41) is 10.9. The van der Waals surface area contributed by atoms with Gasteiger partial charge in [0.05, 0.1) is 18.1 Å². The highest BCUT2D eigenvalue weighted by Crippen LogP contribution is 2.32. The molecule has 0 aromatic heterocycles. The smallest absolute Gasteiger partial charge is 0.273 e. The standard InChI is InChI=1S/C17H17NO5/c1-11-4-6-13(7-5-11)17(19)12(2)23-16-10-14(18(20)21)8-9-15(16)22-3/h4-10,12H,1-3H3/t12-/m0/s1. The Bertz CT molecular complexity index is 724. The van der Waals surface area contributed by atoms with Gasteiger partial charge in [0.1, 0.15) is 0 Å². The van der Waals surface area contributed by atoms with E-state index in [0.717, 1.165) is 5.56 Å². The Morgan fingerprint density at radius 3 is 2.35 bits per heavy atom. The highest BCUT2D eigenvalue weighted by atomic mass is 16.6. The topological polar surface area (TPSA) is 78.7 Å². The zero-order valence-electron chi connectivity index (χ0n) is 13.1. The predicted molar refractivity (Wildman–Crippen MR) is 85.2 cm³/mol. The van der Waals surface area contributed by atoms with Crippen LogP contribution in [0.5, 0.6) is 11.5 Å². The molecule has 1 atom stereocenters. The molecule has 0 aliphatic rings. The summed E-state index contributed by atoms with van der Waals surface area (Å²) in [5.41, 5.74) is 1.44. The fraction of sp³-hybridized carbons (Fsp3) is 0.235. The Balaban J connectivity index is 2.23. The molecule has 0 radical (unpaired) electrons. The first-order valence-corrected chi connectivity index (χ1v) is 7.02. The summed E-state index contributed by atoms with van der Waals surface area (Å²) in [7, 11) is 1.43. The predicted octanol–water partition coefficient (Wildman–Crippen LogP) is 3.56. The Morgan fingerprint density at radius 2 is 1.78 bits per heavy atom. The number of nitrogens with zero attached hydrogens (tertiary/aromatic N) is 1. The molecule has 0 aliphatic heterocycles. The molecule has 2 rings (SSSR count). The quantitative estimate of drug-likeness (QED) is 0.462. The van der Waals surface area contributed by atoms with Gasteiger partial charge in [-0.2, -0.15) is 0 Å². The van der Waals surface area contributed by atoms with Crippen LogP contribution >= 0.6 is 0 Å². The van der Waals surface area contributed by atoms with Crippen molar-refractivity contribution >= 4 is 11.5 Å². The van der Waals surface area contributed by atoms with Gasteiger partial charge >= 0.3 is 0 Å². The number of aryl methyl sites for hydroxylation is 1. The minimum absolute atomic E-state index is 0.129. The van der Waals surface area contributed by atoms with Crippen LogP contribution in [-0.2, 0) is 0 Å². The molecular formula is C17H17NO5. The van der Waals surface area contributed by atoms with Crippen molar-refractivity contribution in [3.05, 3.63) is 63.7 Å². The Hall–Kier alpha value is -2.89. The lowest BCUT2D eigenvalue weighted by atomic mass is 10.1. The molecule has 0 heterocycles. The molecule has 0 spiro atoms. The van der Waals surface area contributed by atoms with Crippen molar-refractivity contribution in [3.8, 4) is 11.5 Å². The Morgan fingerprint density at radius 1 is 1.13 bits per heavy atom. The molecule has 120 valence electrons. The summed E-state index contributed by atoms with van der Waals surface area (Å²) in [4.78, 5) is 22.7. The molecule has 0 amide bonds. The van der Waals surface area contributed by atoms with Gasteiger partial charge in [0.25, 0.3) is 5.69 Å². The van der Waals surface area contributed by atoms with Crippen molar-refractivity contribution in [1.82, 2.24) is 0 Å². The third-order valence-corrected chi connectivity index (χ3v) is 3.37. The SMILES string of the molecule is COc1ccc([N+](=O)[O-])cc1O[C@@H](C)C(=O)c1ccc(C)cc1. The van der Waals surface area contributed by atoms with Gasteiger partial charge in [0.2, 0.25) is 5.78 Å². The second kappa shape index (κ2) is 6.91. The summed E-state index contributed by atoms with van der Waals surface area (Å²) >= 11 is 0. The van der Waals surface area contributed by atoms with Crippen LogP contribution in [0.25, 0.3) is 0 Å². The number of carbonyl (C=O) groups is 1. The maximum Gasteiger partial charge on any atom is 0.273 e. The van der Waals surface area contributed by atoms with Crippen LogP contribution in [0.3, 0.4) is 0 Å². The largest absolute Gasteiger partial charge is 0.493 e. The minimum atomic E-state index is -0.798. The molecule has 0 saturated heterocycles. The fourth-order valence-corrected chi connectivity index (χ4v) is 2.07. The molecule has 0 bridgehead atoms. The maximum absolute atomic E-state index is 12.4. The molecule has 0 N–H and O–H groups in total. The van der Waals surface area contributed by atoms with E-state index >= 15 is 0 Å². The van der Waals surface area contributed by atoms with Crippen LogP contribution in [0.4, 0.5) is 5.69 Å². The molecular weight excluding hydrogens is 298 g/mol. The highest BCUT2D eigenvalue weighted by Gasteiger charge is 2.20. The van der Waals surface area contributed by atoms with Crippen LogP contribution in [0, 0.1) is 17.0 Å². The third kappa shape index (κ3) is 3.85. The first-order valence-electron chi connectivity index (χ1n) is 7.02. The number of nitro benzene ring substituents is 1. The van der Waals surface area contributed by atoms with Crippen LogP contribution in [0.1, 0.15) is 22.8 Å². The number of methoxy groups -OCH3 is 1. The number of carbonyl (C=O) groups excluding carboxylic acids is 1. The van der Waals surface area contributed by atoms with E-state index in [4.69, 9.17) is 9.47 Å². The monoisotopic (exact) mass is 315 g/mol. The number of rotatable bonds is 6. The zero-order valence-corrected chi connectivity index (χ0v) is 13.1. The van der Waals surface area contributed by atoms with Crippen molar-refractivity contribution in [1.29, 1.82) is 0 Å². The van der Waals surface area contributed by atoms with Crippen LogP contribution in [0.2, 0.25) is 0 Å². The molecule has 6 nitrogen and oxygen atoms in total. The summed E-state index contributed by atoms with van der Waals surface area (Å²) in [6.45, 7) is 3.53. The van der Waals surface area contributed by atoms with Gasteiger partial charge in [-0.25, -0.2) is 0 Å². The van der Waals surface area contributed by atoms with E-state index in [1.165, 1.54) is 25.3 Å². The van der Waals surface area contributed by atoms with Crippen molar-refractivity contribution in [3.63, 3.8) is 0 Å². The van der Waals surface area contributed by atoms with Gasteiger partial charge in [-0.15, -0.1) is 0 Å². The van der Waals surface area contributed by atoms with Crippen molar-refractivity contribution in [2.75, 3.05) is 7.11 Å². The van der Waals surface area contributed by atoms with E-state index in [1.807, 2.05) is 19.1 Å². The number of hydrogen-bond acceptors (Lipinski definition) is 5. The minimum Gasteiger partial charge on any atom is -0.493 e. The summed E-state index contributed by atoms with van der Waals surface area (Å²) < 4.78 is 10.7. The van der Waals surface area contributed by atoms with Crippen molar-refractivity contribution in [2.24, 2.45) is 0 Å².